The van der Waals surface area contributed by atoms with Crippen LogP contribution >= 0.6 is 0 Å². The van der Waals surface area contributed by atoms with E-state index in [4.69, 9.17) is 9.47 Å². The van der Waals surface area contributed by atoms with Crippen molar-refractivity contribution in [3.05, 3.63) is 59.2 Å². The highest BCUT2D eigenvalue weighted by molar-refractivity contribution is 5.88. The lowest BCUT2D eigenvalue weighted by Gasteiger charge is -2.30. The molecule has 30 heavy (non-hydrogen) atoms. The van der Waals surface area contributed by atoms with Crippen LogP contribution in [0, 0.1) is 13.8 Å². The van der Waals surface area contributed by atoms with Crippen LogP contribution < -0.4 is 14.8 Å². The van der Waals surface area contributed by atoms with Crippen LogP contribution in [0.15, 0.2) is 42.5 Å². The van der Waals surface area contributed by atoms with Crippen molar-refractivity contribution < 1.29 is 19.1 Å². The van der Waals surface area contributed by atoms with Crippen LogP contribution in [0.1, 0.15) is 37.0 Å². The molecule has 0 aliphatic rings. The average Bonchev–Trinajstić information content (AvgIpc) is 2.71. The highest BCUT2D eigenvalue weighted by atomic mass is 16.5. The number of hydrogen-bond acceptors (Lipinski definition) is 4. The molecule has 0 bridgehead atoms. The molecule has 2 aromatic carbocycles. The molecule has 0 saturated carbocycles. The van der Waals surface area contributed by atoms with Gasteiger partial charge in [0.15, 0.2) is 6.61 Å². The van der Waals surface area contributed by atoms with Gasteiger partial charge in [0.25, 0.3) is 5.91 Å². The summed E-state index contributed by atoms with van der Waals surface area (Å²) in [6.45, 7) is 8.40. The quantitative estimate of drug-likeness (QED) is 0.647. The largest absolute Gasteiger partial charge is 0.497 e. The topological polar surface area (TPSA) is 67.9 Å². The predicted molar refractivity (Wildman–Crippen MR) is 118 cm³/mol. The van der Waals surface area contributed by atoms with Gasteiger partial charge in [0.1, 0.15) is 17.5 Å². The van der Waals surface area contributed by atoms with Gasteiger partial charge in [-0.05, 0) is 68.1 Å². The molecule has 0 spiro atoms. The third-order valence-corrected chi connectivity index (χ3v) is 4.78. The summed E-state index contributed by atoms with van der Waals surface area (Å²) in [5, 5.41) is 2.83. The minimum Gasteiger partial charge on any atom is -0.497 e. The minimum absolute atomic E-state index is 0.136. The number of rotatable bonds is 10. The Labute approximate surface area is 179 Å². The average molecular weight is 413 g/mol. The number of carbonyl (C=O) groups excluding carboxylic acids is 2. The molecular formula is C24H32N2O4. The van der Waals surface area contributed by atoms with Crippen molar-refractivity contribution in [2.24, 2.45) is 0 Å². The van der Waals surface area contributed by atoms with Gasteiger partial charge in [-0.2, -0.15) is 0 Å². The molecule has 0 aliphatic carbocycles. The van der Waals surface area contributed by atoms with Crippen LogP contribution in [0.25, 0.3) is 0 Å². The number of benzene rings is 2. The van der Waals surface area contributed by atoms with Crippen LogP contribution in [0.2, 0.25) is 0 Å². The molecule has 6 nitrogen and oxygen atoms in total. The molecule has 1 atom stereocenters. The zero-order valence-corrected chi connectivity index (χ0v) is 18.5. The third kappa shape index (κ3) is 6.51. The Morgan fingerprint density at radius 1 is 1.03 bits per heavy atom. The second kappa shape index (κ2) is 11.2. The molecule has 2 rings (SSSR count). The van der Waals surface area contributed by atoms with E-state index < -0.39 is 6.04 Å². The Morgan fingerprint density at radius 3 is 2.33 bits per heavy atom. The fraction of sp³-hybridized carbons (Fsp3) is 0.417. The fourth-order valence-corrected chi connectivity index (χ4v) is 3.42. The lowest BCUT2D eigenvalue weighted by molar-refractivity contribution is -0.142. The molecule has 6 heteroatoms. The van der Waals surface area contributed by atoms with E-state index in [-0.39, 0.29) is 18.4 Å². The molecule has 162 valence electrons. The van der Waals surface area contributed by atoms with Gasteiger partial charge in [-0.15, -0.1) is 0 Å². The summed E-state index contributed by atoms with van der Waals surface area (Å²) < 4.78 is 11.1. The number of methoxy groups -OCH3 is 1. The van der Waals surface area contributed by atoms with Crippen molar-refractivity contribution in [1.82, 2.24) is 10.2 Å². The Kier molecular flexibility index (Phi) is 8.71. The molecular weight excluding hydrogens is 380 g/mol. The fourth-order valence-electron chi connectivity index (χ4n) is 3.42. The van der Waals surface area contributed by atoms with Crippen LogP contribution in [0.5, 0.6) is 11.5 Å². The minimum atomic E-state index is -0.577. The van der Waals surface area contributed by atoms with Gasteiger partial charge in [0.2, 0.25) is 5.91 Å². The number of carbonyl (C=O) groups is 2. The van der Waals surface area contributed by atoms with Gasteiger partial charge in [0, 0.05) is 13.1 Å². The molecule has 0 aromatic heterocycles. The second-order valence-electron chi connectivity index (χ2n) is 7.30. The number of hydrogen-bond donors (Lipinski definition) is 1. The summed E-state index contributed by atoms with van der Waals surface area (Å²) >= 11 is 0. The van der Waals surface area contributed by atoms with Gasteiger partial charge in [-0.1, -0.05) is 25.1 Å². The molecule has 2 aromatic rings. The zero-order valence-electron chi connectivity index (χ0n) is 18.5. The first-order valence-electron chi connectivity index (χ1n) is 10.3. The number of likely N-dealkylation sites (N-methyl/N-ethyl adjacent to an activating group) is 1. The molecule has 2 amide bonds. The predicted octanol–water partition coefficient (Wildman–Crippen LogP) is 3.63. The van der Waals surface area contributed by atoms with Crippen LogP contribution in [0.3, 0.4) is 0 Å². The summed E-state index contributed by atoms with van der Waals surface area (Å²) in [6.07, 6.45) is 0.505. The van der Waals surface area contributed by atoms with Crippen LogP contribution in [-0.4, -0.2) is 43.0 Å². The van der Waals surface area contributed by atoms with Crippen molar-refractivity contribution in [1.29, 1.82) is 0 Å². The van der Waals surface area contributed by atoms with E-state index in [1.165, 1.54) is 0 Å². The Balaban J connectivity index is 2.23. The Morgan fingerprint density at radius 2 is 1.73 bits per heavy atom. The summed E-state index contributed by atoms with van der Waals surface area (Å²) in [6, 6.07) is 12.8. The van der Waals surface area contributed by atoms with E-state index in [2.05, 4.69) is 5.32 Å². The first-order chi connectivity index (χ1) is 14.4. The molecule has 0 heterocycles. The lowest BCUT2D eigenvalue weighted by Crippen LogP contribution is -2.50. The Bertz CT molecular complexity index is 846. The van der Waals surface area contributed by atoms with Crippen molar-refractivity contribution in [3.8, 4) is 11.5 Å². The smallest absolute Gasteiger partial charge is 0.261 e. The highest BCUT2D eigenvalue weighted by Crippen LogP contribution is 2.19. The van der Waals surface area contributed by atoms with E-state index >= 15 is 0 Å². The van der Waals surface area contributed by atoms with E-state index in [9.17, 15) is 9.59 Å². The van der Waals surface area contributed by atoms with Gasteiger partial charge in [-0.25, -0.2) is 0 Å². The molecule has 0 saturated heterocycles. The van der Waals surface area contributed by atoms with E-state index in [0.717, 1.165) is 16.7 Å². The van der Waals surface area contributed by atoms with E-state index in [0.29, 0.717) is 31.0 Å². The molecule has 0 aliphatic heterocycles. The summed E-state index contributed by atoms with van der Waals surface area (Å²) in [5.41, 5.74) is 3.02. The number of nitrogens with zero attached hydrogens (tertiary/aromatic N) is 1. The number of aryl methyl sites for hydroxylation is 2. The van der Waals surface area contributed by atoms with Crippen LogP contribution in [-0.2, 0) is 16.1 Å². The first kappa shape index (κ1) is 23.3. The first-order valence-corrected chi connectivity index (χ1v) is 10.3. The monoisotopic (exact) mass is 412 g/mol. The maximum Gasteiger partial charge on any atom is 0.261 e. The molecule has 0 unspecified atom stereocenters. The van der Waals surface area contributed by atoms with E-state index in [1.54, 1.807) is 12.0 Å². The maximum absolute atomic E-state index is 13.1. The molecule has 0 fully saturated rings. The molecule has 0 radical (unpaired) electrons. The summed E-state index contributed by atoms with van der Waals surface area (Å²) in [5.74, 6) is 0.948. The van der Waals surface area contributed by atoms with Crippen molar-refractivity contribution in [2.45, 2.75) is 46.7 Å². The third-order valence-electron chi connectivity index (χ3n) is 4.78. The maximum atomic E-state index is 13.1. The van der Waals surface area contributed by atoms with E-state index in [1.807, 2.05) is 70.2 Å². The second-order valence-corrected chi connectivity index (χ2v) is 7.30. The van der Waals surface area contributed by atoms with Crippen molar-refractivity contribution >= 4 is 11.8 Å². The van der Waals surface area contributed by atoms with Gasteiger partial charge in [-0.3, -0.25) is 9.59 Å². The van der Waals surface area contributed by atoms with Crippen molar-refractivity contribution in [3.63, 3.8) is 0 Å². The van der Waals surface area contributed by atoms with Gasteiger partial charge >= 0.3 is 0 Å². The summed E-state index contributed by atoms with van der Waals surface area (Å²) in [4.78, 5) is 27.4. The van der Waals surface area contributed by atoms with Crippen molar-refractivity contribution in [2.75, 3.05) is 20.3 Å². The lowest BCUT2D eigenvalue weighted by atomic mass is 10.1. The Hall–Kier alpha value is -3.02. The normalized spacial score (nSPS) is 11.5. The van der Waals surface area contributed by atoms with Gasteiger partial charge < -0.3 is 19.7 Å². The highest BCUT2D eigenvalue weighted by Gasteiger charge is 2.28. The zero-order chi connectivity index (χ0) is 22.1. The van der Waals surface area contributed by atoms with Crippen LogP contribution in [0.4, 0.5) is 0 Å². The SMILES string of the molecule is CCNC(=O)[C@H](CC)N(Cc1cccc(OC)c1)C(=O)COc1cc(C)cc(C)c1. The van der Waals surface area contributed by atoms with Gasteiger partial charge in [0.05, 0.1) is 7.11 Å². The number of amides is 2. The number of ether oxygens (including phenoxy) is 2. The number of nitrogens with one attached hydrogen (secondary N) is 1. The molecule has 1 N–H and O–H groups in total. The summed E-state index contributed by atoms with van der Waals surface area (Å²) in [7, 11) is 1.60. The standard InChI is InChI=1S/C24H32N2O4/c1-6-22(24(28)25-7-2)26(15-19-9-8-10-20(14-19)29-5)23(27)16-30-21-12-17(3)11-18(4)13-21/h8-14,22H,6-7,15-16H2,1-5H3,(H,25,28)/t22-/m0/s1.